The molecule has 5 nitrogen and oxygen atoms in total. The van der Waals surface area contributed by atoms with Crippen LogP contribution >= 0.6 is 11.6 Å². The van der Waals surface area contributed by atoms with Gasteiger partial charge in [-0.25, -0.2) is 0 Å². The van der Waals surface area contributed by atoms with Gasteiger partial charge in [-0.15, -0.1) is 0 Å². The van der Waals surface area contributed by atoms with E-state index >= 15 is 0 Å². The van der Waals surface area contributed by atoms with Crippen LogP contribution in [0.5, 0.6) is 11.5 Å². The van der Waals surface area contributed by atoms with Gasteiger partial charge in [0.1, 0.15) is 0 Å². The zero-order valence-electron chi connectivity index (χ0n) is 19.2. The van der Waals surface area contributed by atoms with Crippen LogP contribution < -0.4 is 14.8 Å². The molecule has 0 saturated heterocycles. The third kappa shape index (κ3) is 4.12. The zero-order chi connectivity index (χ0) is 23.7. The number of fused-ring (bicyclic) bond motifs is 1. The minimum atomic E-state index is -0.123. The number of carbonyl (C=O) groups is 1. The summed E-state index contributed by atoms with van der Waals surface area (Å²) in [6.07, 6.45) is 2.83. The number of hydrogen-bond acceptors (Lipinski definition) is 3. The van der Waals surface area contributed by atoms with Crippen molar-refractivity contribution in [2.24, 2.45) is 5.92 Å². The molecule has 1 fully saturated rings. The Morgan fingerprint density at radius 1 is 1.03 bits per heavy atom. The van der Waals surface area contributed by atoms with E-state index < -0.39 is 0 Å². The van der Waals surface area contributed by atoms with Crippen LogP contribution in [-0.4, -0.2) is 31.7 Å². The normalized spacial score (nSPS) is 17.9. The maximum Gasteiger partial charge on any atom is 0.223 e. The Morgan fingerprint density at radius 3 is 2.62 bits per heavy atom. The number of carbonyl (C=O) groups excluding carboxylic acids is 1. The zero-order valence-corrected chi connectivity index (χ0v) is 19.9. The van der Waals surface area contributed by atoms with E-state index in [2.05, 4.69) is 22.4 Å². The molecular formula is C28H27ClN2O3. The maximum atomic E-state index is 13.1. The van der Waals surface area contributed by atoms with Crippen molar-refractivity contribution in [3.8, 4) is 11.5 Å². The number of benzene rings is 3. The summed E-state index contributed by atoms with van der Waals surface area (Å²) in [4.78, 5) is 16.5. The second-order valence-corrected chi connectivity index (χ2v) is 9.05. The molecule has 0 radical (unpaired) electrons. The van der Waals surface area contributed by atoms with Crippen molar-refractivity contribution in [3.05, 3.63) is 94.6 Å². The first-order valence-corrected chi connectivity index (χ1v) is 11.8. The molecule has 6 heteroatoms. The quantitative estimate of drug-likeness (QED) is 0.334. The summed E-state index contributed by atoms with van der Waals surface area (Å²) in [6, 6.07) is 21.8. The number of methoxy groups -OCH3 is 2. The van der Waals surface area contributed by atoms with Crippen LogP contribution in [0, 0.1) is 5.92 Å². The average molecular weight is 475 g/mol. The van der Waals surface area contributed by atoms with E-state index in [0.29, 0.717) is 18.0 Å². The molecular weight excluding hydrogens is 448 g/mol. The molecule has 3 atom stereocenters. The number of para-hydroxylation sites is 2. The Hall–Kier alpha value is -3.44. The Bertz CT molecular complexity index is 1330. The lowest BCUT2D eigenvalue weighted by Crippen LogP contribution is -2.30. The number of nitrogens with one attached hydrogen (secondary N) is 2. The number of rotatable bonds is 8. The number of hydrogen-bond donors (Lipinski definition) is 2. The van der Waals surface area contributed by atoms with Crippen LogP contribution in [0.2, 0.25) is 5.02 Å². The Balaban J connectivity index is 1.43. The van der Waals surface area contributed by atoms with E-state index in [0.717, 1.165) is 39.0 Å². The van der Waals surface area contributed by atoms with Crippen molar-refractivity contribution in [1.29, 1.82) is 0 Å². The number of amides is 1. The summed E-state index contributed by atoms with van der Waals surface area (Å²) in [5, 5.41) is 5.05. The van der Waals surface area contributed by atoms with E-state index in [4.69, 9.17) is 21.1 Å². The van der Waals surface area contributed by atoms with E-state index in [-0.39, 0.29) is 23.7 Å². The van der Waals surface area contributed by atoms with Gasteiger partial charge in [0.05, 0.1) is 14.2 Å². The van der Waals surface area contributed by atoms with Crippen molar-refractivity contribution in [3.63, 3.8) is 0 Å². The van der Waals surface area contributed by atoms with E-state index in [1.54, 1.807) is 14.2 Å². The summed E-state index contributed by atoms with van der Waals surface area (Å²) in [5.74, 6) is 1.38. The monoisotopic (exact) mass is 474 g/mol. The largest absolute Gasteiger partial charge is 0.493 e. The lowest BCUT2D eigenvalue weighted by atomic mass is 9.89. The molecule has 0 aliphatic heterocycles. The molecule has 1 aromatic heterocycles. The summed E-state index contributed by atoms with van der Waals surface area (Å²) in [7, 11) is 3.27. The predicted octanol–water partition coefficient (Wildman–Crippen LogP) is 5.89. The topological polar surface area (TPSA) is 63.3 Å². The molecule has 0 spiro atoms. The van der Waals surface area contributed by atoms with Crippen molar-refractivity contribution >= 4 is 28.4 Å². The van der Waals surface area contributed by atoms with Crippen LogP contribution in [0.4, 0.5) is 0 Å². The molecule has 0 bridgehead atoms. The van der Waals surface area contributed by atoms with E-state index in [9.17, 15) is 4.79 Å². The van der Waals surface area contributed by atoms with E-state index in [1.165, 1.54) is 0 Å². The third-order valence-corrected chi connectivity index (χ3v) is 7.06. The number of H-pyrrole nitrogens is 1. The van der Waals surface area contributed by atoms with Crippen molar-refractivity contribution in [2.45, 2.75) is 18.3 Å². The van der Waals surface area contributed by atoms with Crippen molar-refractivity contribution in [2.75, 3.05) is 20.8 Å². The minimum Gasteiger partial charge on any atom is -0.493 e. The summed E-state index contributed by atoms with van der Waals surface area (Å²) >= 11 is 6.36. The Labute approximate surface area is 204 Å². The molecule has 4 aromatic rings. The highest BCUT2D eigenvalue weighted by Crippen LogP contribution is 2.49. The predicted molar refractivity (Wildman–Crippen MR) is 135 cm³/mol. The van der Waals surface area contributed by atoms with Gasteiger partial charge >= 0.3 is 0 Å². The van der Waals surface area contributed by atoms with Gasteiger partial charge < -0.3 is 19.8 Å². The number of aromatic amines is 1. The molecule has 1 amide bonds. The van der Waals surface area contributed by atoms with Gasteiger partial charge in [-0.3, -0.25) is 4.79 Å². The number of ether oxygens (including phenoxy) is 2. The van der Waals surface area contributed by atoms with Gasteiger partial charge in [-0.2, -0.15) is 0 Å². The van der Waals surface area contributed by atoms with Crippen LogP contribution in [0.3, 0.4) is 0 Å². The first-order valence-electron chi connectivity index (χ1n) is 11.4. The van der Waals surface area contributed by atoms with Gasteiger partial charge in [0.15, 0.2) is 11.5 Å². The molecule has 1 aliphatic rings. The first-order chi connectivity index (χ1) is 16.6. The molecule has 5 rings (SSSR count). The first kappa shape index (κ1) is 22.4. The Kier molecular flexibility index (Phi) is 6.20. The minimum absolute atomic E-state index is 0.0524. The molecule has 2 N–H and O–H groups in total. The second kappa shape index (κ2) is 9.43. The molecule has 1 heterocycles. The summed E-state index contributed by atoms with van der Waals surface area (Å²) in [5.41, 5.74) is 4.16. The highest BCUT2D eigenvalue weighted by Gasteiger charge is 2.44. The maximum absolute atomic E-state index is 13.1. The SMILES string of the molecule is COc1cccc(C(CNC(=O)C2CC2c2ccccc2Cl)c2c[nH]c3ccccc23)c1OC. The molecule has 174 valence electrons. The van der Waals surface area contributed by atoms with Gasteiger partial charge in [0.25, 0.3) is 0 Å². The van der Waals surface area contributed by atoms with Crippen molar-refractivity contribution in [1.82, 2.24) is 10.3 Å². The van der Waals surface area contributed by atoms with E-state index in [1.807, 2.05) is 60.8 Å². The van der Waals surface area contributed by atoms with Gasteiger partial charge in [0.2, 0.25) is 5.91 Å². The number of halogens is 1. The fourth-order valence-electron chi connectivity index (χ4n) is 4.89. The second-order valence-electron chi connectivity index (χ2n) is 8.64. The van der Waals surface area contributed by atoms with Crippen LogP contribution in [-0.2, 0) is 4.79 Å². The highest BCUT2D eigenvalue weighted by molar-refractivity contribution is 6.31. The van der Waals surface area contributed by atoms with Crippen LogP contribution in [0.15, 0.2) is 72.9 Å². The van der Waals surface area contributed by atoms with Gasteiger partial charge in [-0.1, -0.05) is 60.1 Å². The number of aromatic nitrogens is 1. The molecule has 34 heavy (non-hydrogen) atoms. The van der Waals surface area contributed by atoms with Crippen molar-refractivity contribution < 1.29 is 14.3 Å². The average Bonchev–Trinajstić information content (AvgIpc) is 3.56. The third-order valence-electron chi connectivity index (χ3n) is 6.72. The lowest BCUT2D eigenvalue weighted by Gasteiger charge is -2.22. The Morgan fingerprint density at radius 2 is 1.82 bits per heavy atom. The molecule has 1 aliphatic carbocycles. The summed E-state index contributed by atoms with van der Waals surface area (Å²) in [6.45, 7) is 0.440. The van der Waals surface area contributed by atoms with Crippen LogP contribution in [0.25, 0.3) is 10.9 Å². The smallest absolute Gasteiger partial charge is 0.223 e. The molecule has 3 aromatic carbocycles. The fourth-order valence-corrected chi connectivity index (χ4v) is 5.17. The molecule has 3 unspecified atom stereocenters. The standard InChI is InChI=1S/C28H27ClN2O3/c1-33-26-13-7-10-19(27(26)34-2)23(22-15-30-25-12-6-4-9-18(22)25)16-31-28(32)21-14-20(21)17-8-3-5-11-24(17)29/h3-13,15,20-21,23,30H,14,16H2,1-2H3,(H,31,32). The fraction of sp³-hybridized carbons (Fsp3) is 0.250. The van der Waals surface area contributed by atoms with Crippen LogP contribution in [0.1, 0.15) is 34.9 Å². The van der Waals surface area contributed by atoms with Gasteiger partial charge in [-0.05, 0) is 41.7 Å². The molecule has 1 saturated carbocycles. The summed E-state index contributed by atoms with van der Waals surface area (Å²) < 4.78 is 11.3. The van der Waals surface area contributed by atoms with Gasteiger partial charge in [0, 0.05) is 46.1 Å². The highest BCUT2D eigenvalue weighted by atomic mass is 35.5. The lowest BCUT2D eigenvalue weighted by molar-refractivity contribution is -0.122.